The fourth-order valence-electron chi connectivity index (χ4n) is 2.24. The van der Waals surface area contributed by atoms with Crippen molar-refractivity contribution in [3.05, 3.63) is 34.6 Å². The molecule has 0 aliphatic heterocycles. The zero-order valence-corrected chi connectivity index (χ0v) is 12.8. The maximum atomic E-state index is 5.77. The topological polar surface area (TPSA) is 66.0 Å². The van der Waals surface area contributed by atoms with Crippen LogP contribution in [0.1, 0.15) is 18.4 Å². The van der Waals surface area contributed by atoms with Crippen LogP contribution in [-0.2, 0) is 13.2 Å². The number of hydrogen-bond acceptors (Lipinski definition) is 5. The predicted molar refractivity (Wildman–Crippen MR) is 78.8 cm³/mol. The fraction of sp³-hybridized carbons (Fsp3) is 0.357. The first kappa shape index (κ1) is 12.8. The molecule has 1 fully saturated rings. The minimum Gasteiger partial charge on any atom is -0.487 e. The van der Waals surface area contributed by atoms with Crippen molar-refractivity contribution < 1.29 is 9.26 Å². The number of hydrogen-bond donors (Lipinski definition) is 0. The lowest BCUT2D eigenvalue weighted by atomic mass is 10.3. The van der Waals surface area contributed by atoms with Crippen LogP contribution in [0.4, 0.5) is 0 Å². The zero-order chi connectivity index (χ0) is 14.2. The largest absolute Gasteiger partial charge is 0.487 e. The molecule has 1 aliphatic carbocycles. The highest BCUT2D eigenvalue weighted by atomic mass is 79.9. The highest BCUT2D eigenvalue weighted by Crippen LogP contribution is 2.35. The van der Waals surface area contributed by atoms with Gasteiger partial charge < -0.3 is 9.26 Å². The summed E-state index contributed by atoms with van der Waals surface area (Å²) in [6.07, 6.45) is 5.79. The van der Waals surface area contributed by atoms with E-state index >= 15 is 0 Å². The van der Waals surface area contributed by atoms with Crippen LogP contribution in [-0.4, -0.2) is 20.2 Å². The predicted octanol–water partition coefficient (Wildman–Crippen LogP) is 3.17. The first-order valence-electron chi connectivity index (χ1n) is 6.84. The van der Waals surface area contributed by atoms with Crippen molar-refractivity contribution in [1.82, 2.24) is 20.2 Å². The molecule has 4 rings (SSSR count). The van der Waals surface area contributed by atoms with Crippen LogP contribution in [0.15, 0.2) is 33.6 Å². The van der Waals surface area contributed by atoms with Crippen molar-refractivity contribution in [3.8, 4) is 5.75 Å². The Morgan fingerprint density at radius 1 is 1.38 bits per heavy atom. The molecule has 7 heteroatoms. The fourth-order valence-corrected chi connectivity index (χ4v) is 2.77. The highest BCUT2D eigenvalue weighted by molar-refractivity contribution is 9.10. The summed E-state index contributed by atoms with van der Waals surface area (Å²) in [5.41, 5.74) is 2.75. The van der Waals surface area contributed by atoms with Crippen molar-refractivity contribution >= 4 is 27.0 Å². The summed E-state index contributed by atoms with van der Waals surface area (Å²) in [7, 11) is 0. The van der Waals surface area contributed by atoms with Crippen LogP contribution in [0, 0.1) is 5.92 Å². The van der Waals surface area contributed by atoms with Crippen molar-refractivity contribution in [1.29, 1.82) is 0 Å². The number of halogens is 1. The van der Waals surface area contributed by atoms with E-state index in [1.165, 1.54) is 12.8 Å². The molecular formula is C14H13BrN4O2. The minimum absolute atomic E-state index is 0.407. The van der Waals surface area contributed by atoms with Crippen LogP contribution in [0.5, 0.6) is 5.75 Å². The van der Waals surface area contributed by atoms with Gasteiger partial charge in [-0.2, -0.15) is 0 Å². The molecule has 2 heterocycles. The number of benzene rings is 1. The molecule has 2 aromatic heterocycles. The van der Waals surface area contributed by atoms with E-state index in [0.29, 0.717) is 6.61 Å². The monoisotopic (exact) mass is 348 g/mol. The molecule has 21 heavy (non-hydrogen) atoms. The van der Waals surface area contributed by atoms with Gasteiger partial charge in [-0.3, -0.25) is 0 Å². The highest BCUT2D eigenvalue weighted by Gasteiger charge is 2.23. The van der Waals surface area contributed by atoms with Gasteiger partial charge in [-0.15, -0.1) is 5.10 Å². The standard InChI is InChI=1S/C14H13BrN4O2/c15-13-12(20-7-10-5-16-21-8-10)4-3-11-14(13)17-18-19(11)6-9-1-2-9/h3-5,8-9H,1-2,6-7H2. The average Bonchev–Trinajstić information content (AvgIpc) is 2.99. The first-order chi connectivity index (χ1) is 10.3. The third-order valence-corrected chi connectivity index (χ3v) is 4.36. The Bertz CT molecular complexity index is 765. The van der Waals surface area contributed by atoms with E-state index in [9.17, 15) is 0 Å². The maximum absolute atomic E-state index is 5.77. The second-order valence-electron chi connectivity index (χ2n) is 5.28. The average molecular weight is 349 g/mol. The summed E-state index contributed by atoms with van der Waals surface area (Å²) in [4.78, 5) is 0. The summed E-state index contributed by atoms with van der Waals surface area (Å²) in [5.74, 6) is 1.50. The van der Waals surface area contributed by atoms with Gasteiger partial charge in [-0.1, -0.05) is 10.4 Å². The summed E-state index contributed by atoms with van der Waals surface area (Å²) in [6, 6.07) is 3.94. The third kappa shape index (κ3) is 2.53. The second kappa shape index (κ2) is 5.14. The van der Waals surface area contributed by atoms with Gasteiger partial charge >= 0.3 is 0 Å². The lowest BCUT2D eigenvalue weighted by molar-refractivity contribution is 0.303. The van der Waals surface area contributed by atoms with E-state index in [1.807, 2.05) is 16.8 Å². The van der Waals surface area contributed by atoms with E-state index in [0.717, 1.165) is 39.3 Å². The number of rotatable bonds is 5. The molecule has 0 atom stereocenters. The Balaban J connectivity index is 1.60. The molecule has 108 valence electrons. The van der Waals surface area contributed by atoms with Gasteiger partial charge in [-0.05, 0) is 46.8 Å². The smallest absolute Gasteiger partial charge is 0.136 e. The molecular weight excluding hydrogens is 336 g/mol. The van der Waals surface area contributed by atoms with Crippen LogP contribution in [0.3, 0.4) is 0 Å². The summed E-state index contributed by atoms with van der Waals surface area (Å²) >= 11 is 3.56. The van der Waals surface area contributed by atoms with Crippen molar-refractivity contribution in [2.24, 2.45) is 5.92 Å². The maximum Gasteiger partial charge on any atom is 0.136 e. The SMILES string of the molecule is Brc1c(OCc2cnoc2)ccc2c1nnn2CC1CC1. The van der Waals surface area contributed by atoms with Gasteiger partial charge in [-0.25, -0.2) is 4.68 Å². The van der Waals surface area contributed by atoms with Crippen LogP contribution < -0.4 is 4.74 Å². The number of aromatic nitrogens is 4. The molecule has 3 aromatic rings. The molecule has 0 N–H and O–H groups in total. The Kier molecular flexibility index (Phi) is 3.14. The first-order valence-corrected chi connectivity index (χ1v) is 7.63. The molecule has 1 aromatic carbocycles. The molecule has 0 amide bonds. The lowest BCUT2D eigenvalue weighted by Gasteiger charge is -2.07. The molecule has 0 saturated heterocycles. The Morgan fingerprint density at radius 2 is 2.29 bits per heavy atom. The Hall–Kier alpha value is -1.89. The molecule has 0 unspecified atom stereocenters. The van der Waals surface area contributed by atoms with Gasteiger partial charge in [0.25, 0.3) is 0 Å². The molecule has 1 aliphatic rings. The van der Waals surface area contributed by atoms with Gasteiger partial charge in [0, 0.05) is 12.1 Å². The Morgan fingerprint density at radius 3 is 3.05 bits per heavy atom. The van der Waals surface area contributed by atoms with E-state index in [1.54, 1.807) is 12.5 Å². The van der Waals surface area contributed by atoms with Crippen LogP contribution in [0.25, 0.3) is 11.0 Å². The number of nitrogens with zero attached hydrogens (tertiary/aromatic N) is 4. The lowest BCUT2D eigenvalue weighted by Crippen LogP contribution is -2.01. The van der Waals surface area contributed by atoms with E-state index in [-0.39, 0.29) is 0 Å². The molecule has 0 bridgehead atoms. The molecule has 0 spiro atoms. The molecule has 1 saturated carbocycles. The number of fused-ring (bicyclic) bond motifs is 1. The normalized spacial score (nSPS) is 14.7. The summed E-state index contributed by atoms with van der Waals surface area (Å²) < 4.78 is 13.4. The third-order valence-electron chi connectivity index (χ3n) is 3.60. The summed E-state index contributed by atoms with van der Waals surface area (Å²) in [5, 5.41) is 12.2. The van der Waals surface area contributed by atoms with Gasteiger partial charge in [0.2, 0.25) is 0 Å². The van der Waals surface area contributed by atoms with E-state index in [2.05, 4.69) is 31.4 Å². The second-order valence-corrected chi connectivity index (χ2v) is 6.07. The zero-order valence-electron chi connectivity index (χ0n) is 11.2. The minimum atomic E-state index is 0.407. The summed E-state index contributed by atoms with van der Waals surface area (Å²) in [6.45, 7) is 1.35. The van der Waals surface area contributed by atoms with Gasteiger partial charge in [0.15, 0.2) is 0 Å². The number of ether oxygens (including phenoxy) is 1. The van der Waals surface area contributed by atoms with Crippen molar-refractivity contribution in [2.45, 2.75) is 26.0 Å². The van der Waals surface area contributed by atoms with Crippen LogP contribution in [0.2, 0.25) is 0 Å². The van der Waals surface area contributed by atoms with E-state index < -0.39 is 0 Å². The van der Waals surface area contributed by atoms with Gasteiger partial charge in [0.05, 0.1) is 16.2 Å². The quantitative estimate of drug-likeness (QED) is 0.708. The van der Waals surface area contributed by atoms with Crippen molar-refractivity contribution in [3.63, 3.8) is 0 Å². The Labute approximate surface area is 129 Å². The van der Waals surface area contributed by atoms with E-state index in [4.69, 9.17) is 9.26 Å². The van der Waals surface area contributed by atoms with Crippen LogP contribution >= 0.6 is 15.9 Å². The van der Waals surface area contributed by atoms with Crippen molar-refractivity contribution in [2.75, 3.05) is 0 Å². The van der Waals surface area contributed by atoms with Gasteiger partial charge in [0.1, 0.15) is 24.1 Å². The molecule has 0 radical (unpaired) electrons. The molecule has 6 nitrogen and oxygen atoms in total.